The van der Waals surface area contributed by atoms with E-state index in [1.807, 2.05) is 6.92 Å². The molecule has 1 atom stereocenters. The monoisotopic (exact) mass is 193 g/mol. The summed E-state index contributed by atoms with van der Waals surface area (Å²) in [5.41, 5.74) is 0.176. The summed E-state index contributed by atoms with van der Waals surface area (Å²) in [7, 11) is 1.72. The average Bonchev–Trinajstić information content (AvgIpc) is 2.04. The number of rotatable bonds is 6. The summed E-state index contributed by atoms with van der Waals surface area (Å²) < 4.78 is 5.10. The Kier molecular flexibility index (Phi) is 5.89. The Labute approximate surface area is 80.6 Å². The van der Waals surface area contributed by atoms with Crippen molar-refractivity contribution in [3.05, 3.63) is 0 Å². The second-order valence-corrected chi connectivity index (χ2v) is 4.24. The van der Waals surface area contributed by atoms with Gasteiger partial charge in [0, 0.05) is 26.1 Å². The van der Waals surface area contributed by atoms with Gasteiger partial charge in [0.25, 0.3) is 0 Å². The van der Waals surface area contributed by atoms with Gasteiger partial charge >= 0.3 is 0 Å². The number of hydrogen-bond donors (Lipinski definition) is 1. The molecule has 0 aromatic rings. The topological polar surface area (TPSA) is 21.3 Å². The minimum Gasteiger partial charge on any atom is -0.380 e. The van der Waals surface area contributed by atoms with E-state index >= 15 is 0 Å². The molecule has 0 saturated carbocycles. The van der Waals surface area contributed by atoms with Crippen LogP contribution in [0, 0.1) is 5.41 Å². The van der Waals surface area contributed by atoms with Gasteiger partial charge in [-0.1, -0.05) is 13.8 Å². The second kappa shape index (κ2) is 5.79. The molecular weight excluding hydrogens is 174 g/mol. The van der Waals surface area contributed by atoms with Crippen LogP contribution < -0.4 is 5.32 Å². The molecular formula is C9H20ClNO. The summed E-state index contributed by atoms with van der Waals surface area (Å²) in [6.45, 7) is 8.15. The Bertz CT molecular complexity index is 117. The molecule has 0 rings (SSSR count). The van der Waals surface area contributed by atoms with Crippen molar-refractivity contribution < 1.29 is 4.74 Å². The zero-order valence-corrected chi connectivity index (χ0v) is 9.24. The zero-order valence-electron chi connectivity index (χ0n) is 8.48. The highest BCUT2D eigenvalue weighted by atomic mass is 35.5. The highest BCUT2D eigenvalue weighted by molar-refractivity contribution is 6.18. The van der Waals surface area contributed by atoms with E-state index < -0.39 is 0 Å². The number of alkyl halides is 1. The summed E-state index contributed by atoms with van der Waals surface area (Å²) in [5, 5.41) is 3.32. The molecule has 0 saturated heterocycles. The van der Waals surface area contributed by atoms with Crippen LogP contribution in [-0.2, 0) is 4.74 Å². The van der Waals surface area contributed by atoms with Crippen molar-refractivity contribution in [2.75, 3.05) is 26.1 Å². The molecule has 0 aromatic carbocycles. The van der Waals surface area contributed by atoms with Crippen molar-refractivity contribution in [3.63, 3.8) is 0 Å². The van der Waals surface area contributed by atoms with Crippen LogP contribution in [-0.4, -0.2) is 32.2 Å². The van der Waals surface area contributed by atoms with E-state index in [4.69, 9.17) is 16.3 Å². The largest absolute Gasteiger partial charge is 0.380 e. The van der Waals surface area contributed by atoms with E-state index in [1.165, 1.54) is 0 Å². The lowest BCUT2D eigenvalue weighted by Crippen LogP contribution is -2.35. The van der Waals surface area contributed by atoms with Crippen molar-refractivity contribution in [2.45, 2.75) is 26.9 Å². The van der Waals surface area contributed by atoms with E-state index in [2.05, 4.69) is 19.2 Å². The summed E-state index contributed by atoms with van der Waals surface area (Å²) in [6.07, 6.45) is 0.274. The van der Waals surface area contributed by atoms with E-state index in [0.29, 0.717) is 5.88 Å². The number of methoxy groups -OCH3 is 1. The molecule has 3 heteroatoms. The molecule has 0 radical (unpaired) electrons. The highest BCUT2D eigenvalue weighted by Gasteiger charge is 2.15. The molecule has 0 bridgehead atoms. The first-order valence-electron chi connectivity index (χ1n) is 4.31. The van der Waals surface area contributed by atoms with Crippen LogP contribution in [0.15, 0.2) is 0 Å². The molecule has 0 fully saturated rings. The Hall–Kier alpha value is 0.210. The maximum atomic E-state index is 5.77. The van der Waals surface area contributed by atoms with Gasteiger partial charge in [-0.15, -0.1) is 11.6 Å². The maximum Gasteiger partial charge on any atom is 0.0667 e. The minimum atomic E-state index is 0.176. The average molecular weight is 194 g/mol. The van der Waals surface area contributed by atoms with Crippen LogP contribution in [0.2, 0.25) is 0 Å². The van der Waals surface area contributed by atoms with Gasteiger partial charge in [-0.2, -0.15) is 0 Å². The predicted octanol–water partition coefficient (Wildman–Crippen LogP) is 1.88. The van der Waals surface area contributed by atoms with Crippen LogP contribution in [0.4, 0.5) is 0 Å². The zero-order chi connectivity index (χ0) is 9.61. The van der Waals surface area contributed by atoms with E-state index in [-0.39, 0.29) is 11.5 Å². The van der Waals surface area contributed by atoms with Crippen LogP contribution in [0.3, 0.4) is 0 Å². The molecule has 0 amide bonds. The van der Waals surface area contributed by atoms with Crippen molar-refractivity contribution >= 4 is 11.6 Å². The third kappa shape index (κ3) is 5.81. The van der Waals surface area contributed by atoms with E-state index in [1.54, 1.807) is 7.11 Å². The lowest BCUT2D eigenvalue weighted by molar-refractivity contribution is 0.115. The first-order valence-corrected chi connectivity index (χ1v) is 4.85. The van der Waals surface area contributed by atoms with Crippen LogP contribution in [0.1, 0.15) is 20.8 Å². The fourth-order valence-corrected chi connectivity index (χ4v) is 0.839. The molecule has 0 aromatic heterocycles. The SMILES string of the molecule is COC(C)CNCC(C)(C)CCl. The van der Waals surface area contributed by atoms with Gasteiger partial charge < -0.3 is 10.1 Å². The Morgan fingerprint density at radius 2 is 2.08 bits per heavy atom. The van der Waals surface area contributed by atoms with Gasteiger partial charge in [0.2, 0.25) is 0 Å². The Morgan fingerprint density at radius 3 is 2.50 bits per heavy atom. The number of hydrogen-bond acceptors (Lipinski definition) is 2. The summed E-state index contributed by atoms with van der Waals surface area (Å²) in [6, 6.07) is 0. The number of ether oxygens (including phenoxy) is 1. The van der Waals surface area contributed by atoms with Crippen LogP contribution >= 0.6 is 11.6 Å². The Morgan fingerprint density at radius 1 is 1.50 bits per heavy atom. The van der Waals surface area contributed by atoms with Crippen molar-refractivity contribution in [3.8, 4) is 0 Å². The van der Waals surface area contributed by atoms with Gasteiger partial charge in [-0.3, -0.25) is 0 Å². The molecule has 0 heterocycles. The molecule has 74 valence electrons. The summed E-state index contributed by atoms with van der Waals surface area (Å²) >= 11 is 5.77. The van der Waals surface area contributed by atoms with E-state index in [9.17, 15) is 0 Å². The summed E-state index contributed by atoms with van der Waals surface area (Å²) in [4.78, 5) is 0. The Balaban J connectivity index is 3.42. The molecule has 0 aliphatic carbocycles. The van der Waals surface area contributed by atoms with Gasteiger partial charge in [-0.25, -0.2) is 0 Å². The van der Waals surface area contributed by atoms with Crippen molar-refractivity contribution in [1.82, 2.24) is 5.32 Å². The molecule has 1 N–H and O–H groups in total. The first kappa shape index (κ1) is 12.2. The fourth-order valence-electron chi connectivity index (χ4n) is 0.744. The minimum absolute atomic E-state index is 0.176. The second-order valence-electron chi connectivity index (χ2n) is 3.98. The molecule has 0 aliphatic heterocycles. The molecule has 0 spiro atoms. The predicted molar refractivity (Wildman–Crippen MR) is 53.8 cm³/mol. The standard InChI is InChI=1S/C9H20ClNO/c1-8(12-4)5-11-7-9(2,3)6-10/h8,11H,5-7H2,1-4H3. The lowest BCUT2D eigenvalue weighted by Gasteiger charge is -2.22. The first-order chi connectivity index (χ1) is 5.52. The van der Waals surface area contributed by atoms with Gasteiger partial charge in [0.05, 0.1) is 6.10 Å². The maximum absolute atomic E-state index is 5.77. The third-order valence-corrected chi connectivity index (χ3v) is 2.52. The molecule has 12 heavy (non-hydrogen) atoms. The summed E-state index contributed by atoms with van der Waals surface area (Å²) in [5.74, 6) is 0.682. The number of halogens is 1. The highest BCUT2D eigenvalue weighted by Crippen LogP contribution is 2.14. The van der Waals surface area contributed by atoms with E-state index in [0.717, 1.165) is 13.1 Å². The van der Waals surface area contributed by atoms with Crippen molar-refractivity contribution in [1.29, 1.82) is 0 Å². The fraction of sp³-hybridized carbons (Fsp3) is 1.00. The molecule has 1 unspecified atom stereocenters. The number of nitrogens with one attached hydrogen (secondary N) is 1. The van der Waals surface area contributed by atoms with Crippen LogP contribution in [0.5, 0.6) is 0 Å². The molecule has 0 aliphatic rings. The molecule has 2 nitrogen and oxygen atoms in total. The van der Waals surface area contributed by atoms with Gasteiger partial charge in [0.15, 0.2) is 0 Å². The van der Waals surface area contributed by atoms with Crippen molar-refractivity contribution in [2.24, 2.45) is 5.41 Å². The van der Waals surface area contributed by atoms with Gasteiger partial charge in [-0.05, 0) is 12.3 Å². The smallest absolute Gasteiger partial charge is 0.0667 e. The van der Waals surface area contributed by atoms with Crippen LogP contribution in [0.25, 0.3) is 0 Å². The third-order valence-electron chi connectivity index (χ3n) is 1.80. The van der Waals surface area contributed by atoms with Gasteiger partial charge in [0.1, 0.15) is 0 Å². The quantitative estimate of drug-likeness (QED) is 0.651. The lowest BCUT2D eigenvalue weighted by atomic mass is 9.96. The normalized spacial score (nSPS) is 14.8.